The molecule has 0 aliphatic carbocycles. The Kier molecular flexibility index (Phi) is 5.26. The van der Waals surface area contributed by atoms with Crippen molar-refractivity contribution in [2.45, 2.75) is 31.9 Å². The summed E-state index contributed by atoms with van der Waals surface area (Å²) in [6.07, 6.45) is -0.954. The molecule has 7 heteroatoms. The summed E-state index contributed by atoms with van der Waals surface area (Å²) < 4.78 is 37.9. The highest BCUT2D eigenvalue weighted by atomic mass is 35.5. The van der Waals surface area contributed by atoms with Crippen LogP contribution in [0.25, 0.3) is 0 Å². The number of hydrogen-bond donors (Lipinski definition) is 1. The molecule has 2 saturated heterocycles. The van der Waals surface area contributed by atoms with Gasteiger partial charge in [0.1, 0.15) is 0 Å². The van der Waals surface area contributed by atoms with E-state index in [-0.39, 0.29) is 23.7 Å². The van der Waals surface area contributed by atoms with Gasteiger partial charge in [-0.05, 0) is 63.0 Å². The summed E-state index contributed by atoms with van der Waals surface area (Å²) in [4.78, 5) is 14.5. The molecule has 0 aromatic heterocycles. The smallest absolute Gasteiger partial charge is 0.317 e. The molecule has 2 aliphatic heterocycles. The van der Waals surface area contributed by atoms with Crippen LogP contribution in [0, 0.1) is 5.41 Å². The molecule has 0 unspecified atom stereocenters. The number of carbonyl (C=O) groups is 1. The van der Waals surface area contributed by atoms with Gasteiger partial charge in [-0.25, -0.2) is 0 Å². The monoisotopic (exact) mass is 348 g/mol. The second-order valence-electron chi connectivity index (χ2n) is 6.14. The number of carbonyl (C=O) groups excluding carboxylic acids is 1. The minimum absolute atomic E-state index is 0. The molecular weight excluding hydrogens is 329 g/mol. The first-order chi connectivity index (χ1) is 10.4. The lowest BCUT2D eigenvalue weighted by molar-refractivity contribution is -0.137. The first-order valence-electron chi connectivity index (χ1n) is 7.62. The summed E-state index contributed by atoms with van der Waals surface area (Å²) >= 11 is 0. The molecule has 2 aliphatic rings. The van der Waals surface area contributed by atoms with Crippen molar-refractivity contribution in [1.82, 2.24) is 5.32 Å². The molecule has 2 fully saturated rings. The van der Waals surface area contributed by atoms with Crippen molar-refractivity contribution in [2.75, 3.05) is 24.5 Å². The van der Waals surface area contributed by atoms with E-state index in [1.165, 1.54) is 12.1 Å². The molecule has 128 valence electrons. The third-order valence-corrected chi connectivity index (χ3v) is 4.80. The third kappa shape index (κ3) is 3.48. The molecule has 1 amide bonds. The van der Waals surface area contributed by atoms with E-state index < -0.39 is 11.7 Å². The zero-order chi connectivity index (χ0) is 15.8. The average molecular weight is 349 g/mol. The Bertz CT molecular complexity index is 548. The minimum atomic E-state index is -4.35. The zero-order valence-electron chi connectivity index (χ0n) is 12.7. The van der Waals surface area contributed by atoms with Gasteiger partial charge < -0.3 is 10.2 Å². The van der Waals surface area contributed by atoms with E-state index in [0.29, 0.717) is 12.2 Å². The molecule has 23 heavy (non-hydrogen) atoms. The van der Waals surface area contributed by atoms with Gasteiger partial charge in [0.25, 0.3) is 0 Å². The molecule has 3 rings (SSSR count). The van der Waals surface area contributed by atoms with Crippen molar-refractivity contribution < 1.29 is 18.0 Å². The fourth-order valence-corrected chi connectivity index (χ4v) is 3.52. The van der Waals surface area contributed by atoms with E-state index in [1.807, 2.05) is 0 Å². The van der Waals surface area contributed by atoms with Crippen LogP contribution < -0.4 is 10.2 Å². The molecule has 1 N–H and O–H groups in total. The van der Waals surface area contributed by atoms with E-state index in [4.69, 9.17) is 0 Å². The van der Waals surface area contributed by atoms with E-state index in [1.54, 1.807) is 4.90 Å². The maximum absolute atomic E-state index is 12.9. The quantitative estimate of drug-likeness (QED) is 0.840. The number of amides is 1. The Morgan fingerprint density at radius 3 is 2.22 bits per heavy atom. The van der Waals surface area contributed by atoms with Gasteiger partial charge >= 0.3 is 6.18 Å². The van der Waals surface area contributed by atoms with Gasteiger partial charge in [-0.2, -0.15) is 13.2 Å². The number of nitrogens with one attached hydrogen (secondary N) is 1. The van der Waals surface area contributed by atoms with Gasteiger partial charge in [-0.1, -0.05) is 0 Å². The number of hydrogen-bond acceptors (Lipinski definition) is 2. The summed E-state index contributed by atoms with van der Waals surface area (Å²) in [5.74, 6) is 0.0695. The lowest BCUT2D eigenvalue weighted by atomic mass is 9.72. The standard InChI is InChI=1S/C16H19F3N2O.ClH/c17-16(18,19)12-2-4-13(5-3-12)21-11-1-6-15(14(21)22)7-9-20-10-8-15;/h2-5,20H,1,6-11H2;1H. The van der Waals surface area contributed by atoms with Crippen molar-refractivity contribution in [1.29, 1.82) is 0 Å². The third-order valence-electron chi connectivity index (χ3n) is 4.80. The summed E-state index contributed by atoms with van der Waals surface area (Å²) in [5, 5.41) is 3.26. The topological polar surface area (TPSA) is 32.3 Å². The molecule has 3 nitrogen and oxygen atoms in total. The van der Waals surface area contributed by atoms with Crippen LogP contribution in [0.3, 0.4) is 0 Å². The molecule has 0 saturated carbocycles. The highest BCUT2D eigenvalue weighted by molar-refractivity contribution is 5.98. The lowest BCUT2D eigenvalue weighted by Crippen LogP contribution is -2.53. The number of piperidine rings is 2. The Morgan fingerprint density at radius 1 is 1.04 bits per heavy atom. The summed E-state index contributed by atoms with van der Waals surface area (Å²) in [5.41, 5.74) is -0.445. The number of nitrogens with zero attached hydrogens (tertiary/aromatic N) is 1. The van der Waals surface area contributed by atoms with Crippen LogP contribution in [0.5, 0.6) is 0 Å². The van der Waals surface area contributed by atoms with Crippen LogP contribution in [-0.4, -0.2) is 25.5 Å². The second kappa shape index (κ2) is 6.69. The predicted octanol–water partition coefficient (Wildman–Crippen LogP) is 3.62. The summed E-state index contributed by atoms with van der Waals surface area (Å²) in [7, 11) is 0. The Morgan fingerprint density at radius 2 is 1.65 bits per heavy atom. The van der Waals surface area contributed by atoms with Crippen LogP contribution in [-0.2, 0) is 11.0 Å². The van der Waals surface area contributed by atoms with Crippen molar-refractivity contribution >= 4 is 24.0 Å². The lowest BCUT2D eigenvalue weighted by Gasteiger charge is -2.44. The number of alkyl halides is 3. The molecule has 1 aromatic rings. The van der Waals surface area contributed by atoms with E-state index in [0.717, 1.165) is 50.9 Å². The predicted molar refractivity (Wildman–Crippen MR) is 84.8 cm³/mol. The Balaban J connectivity index is 0.00000192. The second-order valence-corrected chi connectivity index (χ2v) is 6.14. The summed E-state index contributed by atoms with van der Waals surface area (Å²) in [6.45, 7) is 2.23. The average Bonchev–Trinajstić information content (AvgIpc) is 2.51. The van der Waals surface area contributed by atoms with Crippen LogP contribution in [0.15, 0.2) is 24.3 Å². The van der Waals surface area contributed by atoms with Crippen LogP contribution in [0.2, 0.25) is 0 Å². The fourth-order valence-electron chi connectivity index (χ4n) is 3.52. The maximum Gasteiger partial charge on any atom is 0.416 e. The van der Waals surface area contributed by atoms with Crippen molar-refractivity contribution in [2.24, 2.45) is 5.41 Å². The Labute approximate surface area is 139 Å². The van der Waals surface area contributed by atoms with Gasteiger partial charge in [-0.3, -0.25) is 4.79 Å². The van der Waals surface area contributed by atoms with E-state index in [2.05, 4.69) is 5.32 Å². The highest BCUT2D eigenvalue weighted by Gasteiger charge is 2.44. The van der Waals surface area contributed by atoms with Gasteiger partial charge in [0.15, 0.2) is 0 Å². The molecular formula is C16H20ClF3N2O. The first kappa shape index (κ1) is 18.1. The molecule has 1 spiro atoms. The first-order valence-corrected chi connectivity index (χ1v) is 7.62. The summed E-state index contributed by atoms with van der Waals surface area (Å²) in [6, 6.07) is 4.90. The number of benzene rings is 1. The normalized spacial score (nSPS) is 21.2. The highest BCUT2D eigenvalue weighted by Crippen LogP contribution is 2.41. The molecule has 2 heterocycles. The van der Waals surface area contributed by atoms with Crippen molar-refractivity contribution in [3.8, 4) is 0 Å². The maximum atomic E-state index is 12.9. The number of halogens is 4. The fraction of sp³-hybridized carbons (Fsp3) is 0.562. The minimum Gasteiger partial charge on any atom is -0.317 e. The molecule has 1 aromatic carbocycles. The largest absolute Gasteiger partial charge is 0.416 e. The van der Waals surface area contributed by atoms with Crippen LogP contribution in [0.4, 0.5) is 18.9 Å². The number of anilines is 1. The van der Waals surface area contributed by atoms with Gasteiger partial charge in [0.05, 0.1) is 11.0 Å². The SMILES string of the molecule is Cl.O=C1N(c2ccc(C(F)(F)F)cc2)CCCC12CCNCC2. The van der Waals surface area contributed by atoms with Crippen LogP contribution in [0.1, 0.15) is 31.2 Å². The Hall–Kier alpha value is -1.27. The molecule has 0 radical (unpaired) electrons. The van der Waals surface area contributed by atoms with Crippen molar-refractivity contribution in [3.63, 3.8) is 0 Å². The molecule has 0 bridgehead atoms. The van der Waals surface area contributed by atoms with Crippen LogP contribution >= 0.6 is 12.4 Å². The van der Waals surface area contributed by atoms with E-state index >= 15 is 0 Å². The van der Waals surface area contributed by atoms with Gasteiger partial charge in [-0.15, -0.1) is 12.4 Å². The van der Waals surface area contributed by atoms with Gasteiger partial charge in [0.2, 0.25) is 5.91 Å². The van der Waals surface area contributed by atoms with E-state index in [9.17, 15) is 18.0 Å². The number of rotatable bonds is 1. The zero-order valence-corrected chi connectivity index (χ0v) is 13.5. The van der Waals surface area contributed by atoms with Gasteiger partial charge in [0, 0.05) is 12.2 Å². The molecule has 0 atom stereocenters. The van der Waals surface area contributed by atoms with Crippen molar-refractivity contribution in [3.05, 3.63) is 29.8 Å².